The fourth-order valence-corrected chi connectivity index (χ4v) is 4.70. The highest BCUT2D eigenvalue weighted by molar-refractivity contribution is 6.03. The summed E-state index contributed by atoms with van der Waals surface area (Å²) < 4.78 is 18.2. The SMILES string of the molecule is CCN(CC)c1ccc(OC)c2c1C(=O)OC21c2ccccc2Oc2ccccc21. The minimum atomic E-state index is -1.12. The quantitative estimate of drug-likeness (QED) is 0.569. The molecule has 3 aromatic rings. The van der Waals surface area contributed by atoms with Gasteiger partial charge in [0.05, 0.1) is 23.9 Å². The number of nitrogens with zero attached hydrogens (tertiary/aromatic N) is 1. The van der Waals surface area contributed by atoms with Gasteiger partial charge in [-0.05, 0) is 38.1 Å². The van der Waals surface area contributed by atoms with E-state index in [4.69, 9.17) is 14.2 Å². The van der Waals surface area contributed by atoms with E-state index in [2.05, 4.69) is 18.7 Å². The molecule has 5 rings (SSSR count). The highest BCUT2D eigenvalue weighted by Gasteiger charge is 2.56. The third-order valence-corrected chi connectivity index (χ3v) is 6.02. The van der Waals surface area contributed by atoms with E-state index >= 15 is 0 Å². The van der Waals surface area contributed by atoms with Crippen molar-refractivity contribution >= 4 is 11.7 Å². The summed E-state index contributed by atoms with van der Waals surface area (Å²) >= 11 is 0. The number of ether oxygens (including phenoxy) is 3. The molecule has 30 heavy (non-hydrogen) atoms. The van der Waals surface area contributed by atoms with E-state index in [0.717, 1.165) is 35.5 Å². The number of hydrogen-bond donors (Lipinski definition) is 0. The van der Waals surface area contributed by atoms with E-state index in [1.54, 1.807) is 7.11 Å². The van der Waals surface area contributed by atoms with E-state index in [9.17, 15) is 4.79 Å². The molecule has 2 aliphatic heterocycles. The molecule has 0 saturated heterocycles. The highest BCUT2D eigenvalue weighted by Crippen LogP contribution is 2.59. The lowest BCUT2D eigenvalue weighted by molar-refractivity contribution is 0.0220. The number of anilines is 1. The number of fused-ring (bicyclic) bond motifs is 6. The van der Waals surface area contributed by atoms with Gasteiger partial charge in [0.2, 0.25) is 0 Å². The van der Waals surface area contributed by atoms with Crippen LogP contribution in [-0.4, -0.2) is 26.2 Å². The van der Waals surface area contributed by atoms with E-state index in [1.807, 2.05) is 60.7 Å². The normalized spacial score (nSPS) is 15.0. The maximum atomic E-state index is 13.4. The van der Waals surface area contributed by atoms with Gasteiger partial charge in [0.1, 0.15) is 17.2 Å². The van der Waals surface area contributed by atoms with Gasteiger partial charge in [0.15, 0.2) is 5.60 Å². The molecule has 0 radical (unpaired) electrons. The molecule has 0 fully saturated rings. The predicted molar refractivity (Wildman–Crippen MR) is 115 cm³/mol. The summed E-state index contributed by atoms with van der Waals surface area (Å²) in [6.07, 6.45) is 0. The van der Waals surface area contributed by atoms with Gasteiger partial charge in [0.25, 0.3) is 0 Å². The Morgan fingerprint density at radius 1 is 0.900 bits per heavy atom. The number of hydrogen-bond acceptors (Lipinski definition) is 5. The Labute approximate surface area is 175 Å². The zero-order valence-electron chi connectivity index (χ0n) is 17.3. The molecular weight excluding hydrogens is 378 g/mol. The first kappa shape index (κ1) is 18.6. The third kappa shape index (κ3) is 2.32. The topological polar surface area (TPSA) is 48.0 Å². The van der Waals surface area contributed by atoms with Gasteiger partial charge < -0.3 is 19.1 Å². The van der Waals surface area contributed by atoms with Crippen molar-refractivity contribution in [3.63, 3.8) is 0 Å². The van der Waals surface area contributed by atoms with Crippen molar-refractivity contribution in [3.05, 3.63) is 82.9 Å². The summed E-state index contributed by atoms with van der Waals surface area (Å²) in [7, 11) is 1.63. The fraction of sp³-hybridized carbons (Fsp3) is 0.240. The first-order chi connectivity index (χ1) is 14.7. The van der Waals surface area contributed by atoms with E-state index in [-0.39, 0.29) is 5.97 Å². The molecule has 0 amide bonds. The van der Waals surface area contributed by atoms with Crippen LogP contribution in [0.4, 0.5) is 5.69 Å². The lowest BCUT2D eigenvalue weighted by Crippen LogP contribution is -2.33. The number of para-hydroxylation sites is 2. The molecule has 5 heteroatoms. The average molecular weight is 401 g/mol. The summed E-state index contributed by atoms with van der Waals surface area (Å²) in [6, 6.07) is 19.3. The molecule has 0 unspecified atom stereocenters. The standard InChI is InChI=1S/C25H23NO4/c1-4-26(5-2)18-14-15-21(28-3)23-22(18)24(27)30-25(23)16-10-6-8-12-19(16)29-20-13-9-7-11-17(20)25/h6-15H,4-5H2,1-3H3. The number of methoxy groups -OCH3 is 1. The lowest BCUT2D eigenvalue weighted by atomic mass is 9.77. The zero-order valence-corrected chi connectivity index (χ0v) is 17.3. The average Bonchev–Trinajstić information content (AvgIpc) is 3.09. The Kier molecular flexibility index (Phi) is 4.21. The van der Waals surface area contributed by atoms with Gasteiger partial charge in [-0.15, -0.1) is 0 Å². The first-order valence-electron chi connectivity index (χ1n) is 10.2. The van der Waals surface area contributed by atoms with Crippen molar-refractivity contribution < 1.29 is 19.0 Å². The molecule has 0 atom stereocenters. The molecule has 2 aliphatic rings. The van der Waals surface area contributed by atoms with Crippen LogP contribution in [0.15, 0.2) is 60.7 Å². The van der Waals surface area contributed by atoms with Crippen LogP contribution in [0.1, 0.15) is 40.9 Å². The van der Waals surface area contributed by atoms with Crippen LogP contribution in [-0.2, 0) is 10.3 Å². The molecular formula is C25H23NO4. The molecule has 1 spiro atoms. The summed E-state index contributed by atoms with van der Waals surface area (Å²) in [4.78, 5) is 15.6. The zero-order chi connectivity index (χ0) is 20.9. The minimum absolute atomic E-state index is 0.350. The Bertz CT molecular complexity index is 1100. The predicted octanol–water partition coefficient (Wildman–Crippen LogP) is 5.11. The van der Waals surface area contributed by atoms with Crippen molar-refractivity contribution in [2.75, 3.05) is 25.1 Å². The summed E-state index contributed by atoms with van der Waals surface area (Å²) in [5.41, 5.74) is 2.63. The fourth-order valence-electron chi connectivity index (χ4n) is 4.70. The Morgan fingerprint density at radius 3 is 2.07 bits per heavy atom. The van der Waals surface area contributed by atoms with Gasteiger partial charge in [-0.1, -0.05) is 36.4 Å². The van der Waals surface area contributed by atoms with Crippen molar-refractivity contribution in [1.82, 2.24) is 0 Å². The molecule has 152 valence electrons. The first-order valence-corrected chi connectivity index (χ1v) is 10.2. The largest absolute Gasteiger partial charge is 0.496 e. The van der Waals surface area contributed by atoms with E-state index in [1.165, 1.54) is 0 Å². The number of carbonyl (C=O) groups excluding carboxylic acids is 1. The van der Waals surface area contributed by atoms with Crippen LogP contribution in [0.3, 0.4) is 0 Å². The Hall–Kier alpha value is -3.47. The van der Waals surface area contributed by atoms with Crippen molar-refractivity contribution in [2.45, 2.75) is 19.4 Å². The van der Waals surface area contributed by atoms with Gasteiger partial charge in [-0.25, -0.2) is 4.79 Å². The van der Waals surface area contributed by atoms with Crippen LogP contribution >= 0.6 is 0 Å². The second-order valence-electron chi connectivity index (χ2n) is 7.37. The number of rotatable bonds is 4. The molecule has 0 saturated carbocycles. The molecule has 3 aromatic carbocycles. The maximum Gasteiger partial charge on any atom is 0.342 e. The van der Waals surface area contributed by atoms with Gasteiger partial charge >= 0.3 is 5.97 Å². The molecule has 0 bridgehead atoms. The van der Waals surface area contributed by atoms with Gasteiger partial charge in [-0.3, -0.25) is 0 Å². The molecule has 0 N–H and O–H groups in total. The number of benzene rings is 3. The minimum Gasteiger partial charge on any atom is -0.496 e. The van der Waals surface area contributed by atoms with Crippen LogP contribution in [0.2, 0.25) is 0 Å². The Morgan fingerprint density at radius 2 is 1.50 bits per heavy atom. The molecule has 5 nitrogen and oxygen atoms in total. The summed E-state index contributed by atoms with van der Waals surface area (Å²) in [6.45, 7) is 5.72. The van der Waals surface area contributed by atoms with Gasteiger partial charge in [-0.2, -0.15) is 0 Å². The summed E-state index contributed by atoms with van der Waals surface area (Å²) in [5.74, 6) is 1.62. The molecule has 0 aromatic heterocycles. The second-order valence-corrected chi connectivity index (χ2v) is 7.37. The van der Waals surface area contributed by atoms with Crippen molar-refractivity contribution in [2.24, 2.45) is 0 Å². The van der Waals surface area contributed by atoms with Crippen molar-refractivity contribution in [1.29, 1.82) is 0 Å². The molecule has 2 heterocycles. The van der Waals surface area contributed by atoms with Crippen LogP contribution in [0, 0.1) is 0 Å². The lowest BCUT2D eigenvalue weighted by Gasteiger charge is -2.37. The van der Waals surface area contributed by atoms with Crippen molar-refractivity contribution in [3.8, 4) is 17.2 Å². The van der Waals surface area contributed by atoms with Crippen LogP contribution < -0.4 is 14.4 Å². The summed E-state index contributed by atoms with van der Waals surface area (Å²) in [5, 5.41) is 0. The van der Waals surface area contributed by atoms with E-state index < -0.39 is 5.60 Å². The highest BCUT2D eigenvalue weighted by atomic mass is 16.6. The monoisotopic (exact) mass is 401 g/mol. The smallest absolute Gasteiger partial charge is 0.342 e. The van der Waals surface area contributed by atoms with Crippen LogP contribution in [0.25, 0.3) is 0 Å². The molecule has 0 aliphatic carbocycles. The number of carbonyl (C=O) groups is 1. The maximum absolute atomic E-state index is 13.4. The van der Waals surface area contributed by atoms with E-state index in [0.29, 0.717) is 22.8 Å². The van der Waals surface area contributed by atoms with Gasteiger partial charge in [0, 0.05) is 24.2 Å². The number of esters is 1. The Balaban J connectivity index is 1.91. The second kappa shape index (κ2) is 6.80. The van der Waals surface area contributed by atoms with Crippen LogP contribution in [0.5, 0.6) is 17.2 Å². The third-order valence-electron chi connectivity index (χ3n) is 6.02.